The van der Waals surface area contributed by atoms with Crippen LogP contribution in [0.25, 0.3) is 16.7 Å². The smallest absolute Gasteiger partial charge is 0.198 e. The highest BCUT2D eigenvalue weighted by Gasteiger charge is 2.52. The van der Waals surface area contributed by atoms with E-state index in [0.717, 1.165) is 25.3 Å². The number of ketones is 1. The number of ether oxygens (including phenoxy) is 1. The zero-order valence-corrected chi connectivity index (χ0v) is 18.5. The van der Waals surface area contributed by atoms with E-state index in [1.54, 1.807) is 32.0 Å². The molecule has 1 N–H and O–H groups in total. The number of rotatable bonds is 3. The van der Waals surface area contributed by atoms with Gasteiger partial charge in [0.2, 0.25) is 0 Å². The predicted molar refractivity (Wildman–Crippen MR) is 117 cm³/mol. The molecule has 0 radical (unpaired) electrons. The first-order valence-electron chi connectivity index (χ1n) is 11.1. The molecule has 0 aromatic heterocycles. The van der Waals surface area contributed by atoms with Crippen LogP contribution >= 0.6 is 0 Å². The van der Waals surface area contributed by atoms with Gasteiger partial charge in [0.05, 0.1) is 5.57 Å². The van der Waals surface area contributed by atoms with Crippen LogP contribution in [-0.2, 0) is 16.0 Å². The summed E-state index contributed by atoms with van der Waals surface area (Å²) in [5.74, 6) is -4.38. The quantitative estimate of drug-likeness (QED) is 0.537. The monoisotopic (exact) mass is 444 g/mol. The van der Waals surface area contributed by atoms with Crippen LogP contribution in [0.5, 0.6) is 0 Å². The van der Waals surface area contributed by atoms with Crippen molar-refractivity contribution in [1.29, 1.82) is 0 Å². The van der Waals surface area contributed by atoms with Crippen LogP contribution in [0.15, 0.2) is 36.1 Å². The van der Waals surface area contributed by atoms with E-state index in [4.69, 9.17) is 4.74 Å². The maximum absolute atomic E-state index is 14.4. The van der Waals surface area contributed by atoms with Crippen molar-refractivity contribution >= 4 is 11.4 Å². The minimum absolute atomic E-state index is 0.0389. The lowest BCUT2D eigenvalue weighted by Crippen LogP contribution is -2.53. The Morgan fingerprint density at radius 2 is 1.62 bits per heavy atom. The number of carbonyl (C=O) groups is 1. The van der Waals surface area contributed by atoms with Crippen molar-refractivity contribution in [2.24, 2.45) is 0 Å². The average molecular weight is 444 g/mol. The molecule has 1 aliphatic carbocycles. The molecule has 1 heterocycles. The van der Waals surface area contributed by atoms with Gasteiger partial charge in [0.15, 0.2) is 23.2 Å². The number of benzene rings is 2. The molecule has 1 fully saturated rings. The number of aliphatic hydroxyl groups excluding tert-OH is 1. The molecule has 0 amide bonds. The molecular formula is C26H27F3O3. The highest BCUT2D eigenvalue weighted by atomic mass is 19.2. The average Bonchev–Trinajstić information content (AvgIpc) is 2.77. The van der Waals surface area contributed by atoms with Crippen molar-refractivity contribution in [3.63, 3.8) is 0 Å². The van der Waals surface area contributed by atoms with Crippen molar-refractivity contribution in [2.45, 2.75) is 70.5 Å². The van der Waals surface area contributed by atoms with Crippen molar-refractivity contribution in [3.8, 4) is 11.1 Å². The molecule has 1 spiro atoms. The van der Waals surface area contributed by atoms with Gasteiger partial charge in [-0.2, -0.15) is 0 Å². The Morgan fingerprint density at radius 1 is 0.969 bits per heavy atom. The summed E-state index contributed by atoms with van der Waals surface area (Å²) >= 11 is 0. The first-order valence-corrected chi connectivity index (χ1v) is 11.1. The van der Waals surface area contributed by atoms with Gasteiger partial charge in [0.1, 0.15) is 17.0 Å². The molecule has 2 aliphatic rings. The molecule has 2 aromatic carbocycles. The number of Topliss-reactive ketones (excluding diaryl/α,β-unsaturated/α-hetero) is 1. The van der Waals surface area contributed by atoms with Crippen molar-refractivity contribution in [2.75, 3.05) is 0 Å². The minimum atomic E-state index is -1.52. The van der Waals surface area contributed by atoms with Crippen molar-refractivity contribution < 1.29 is 27.8 Å². The molecule has 2 aromatic rings. The van der Waals surface area contributed by atoms with Crippen molar-refractivity contribution in [1.82, 2.24) is 0 Å². The topological polar surface area (TPSA) is 46.5 Å². The first-order chi connectivity index (χ1) is 15.1. The highest BCUT2D eigenvalue weighted by Crippen LogP contribution is 2.48. The fourth-order valence-electron chi connectivity index (χ4n) is 4.98. The fraction of sp³-hybridized carbons (Fsp3) is 0.423. The Labute approximate surface area is 185 Å². The molecule has 170 valence electrons. The summed E-state index contributed by atoms with van der Waals surface area (Å²) in [4.78, 5) is 13.3. The van der Waals surface area contributed by atoms with E-state index in [2.05, 4.69) is 0 Å². The van der Waals surface area contributed by atoms with Crippen LogP contribution in [0.3, 0.4) is 0 Å². The maximum Gasteiger partial charge on any atom is 0.198 e. The second-order valence-electron chi connectivity index (χ2n) is 9.17. The summed E-state index contributed by atoms with van der Waals surface area (Å²) in [7, 11) is 0. The van der Waals surface area contributed by atoms with Gasteiger partial charge in [-0.3, -0.25) is 4.79 Å². The van der Waals surface area contributed by atoms with Gasteiger partial charge in [-0.05, 0) is 61.9 Å². The zero-order valence-electron chi connectivity index (χ0n) is 18.5. The molecule has 0 saturated heterocycles. The molecule has 32 heavy (non-hydrogen) atoms. The van der Waals surface area contributed by atoms with Crippen molar-refractivity contribution in [3.05, 3.63) is 64.7 Å². The highest BCUT2D eigenvalue weighted by molar-refractivity contribution is 6.26. The van der Waals surface area contributed by atoms with Gasteiger partial charge in [-0.15, -0.1) is 0 Å². The largest absolute Gasteiger partial charge is 0.508 e. The fourth-order valence-corrected chi connectivity index (χ4v) is 4.98. The Morgan fingerprint density at radius 3 is 2.28 bits per heavy atom. The molecule has 1 aliphatic heterocycles. The Balaban J connectivity index is 1.88. The van der Waals surface area contributed by atoms with Gasteiger partial charge in [-0.1, -0.05) is 44.4 Å². The Bertz CT molecular complexity index is 1110. The van der Waals surface area contributed by atoms with Gasteiger partial charge >= 0.3 is 0 Å². The molecule has 1 saturated carbocycles. The number of hydrogen-bond donors (Lipinski definition) is 1. The summed E-state index contributed by atoms with van der Waals surface area (Å²) in [6, 6.07) is 6.95. The van der Waals surface area contributed by atoms with Crippen LogP contribution in [0.4, 0.5) is 13.2 Å². The van der Waals surface area contributed by atoms with Crippen LogP contribution in [0, 0.1) is 17.5 Å². The molecular weight excluding hydrogens is 417 g/mol. The maximum atomic E-state index is 14.4. The normalized spacial score (nSPS) is 20.1. The van der Waals surface area contributed by atoms with E-state index in [1.807, 2.05) is 6.92 Å². The number of hydrogen-bond acceptors (Lipinski definition) is 3. The van der Waals surface area contributed by atoms with E-state index in [0.29, 0.717) is 36.0 Å². The van der Waals surface area contributed by atoms with E-state index in [-0.39, 0.29) is 22.7 Å². The minimum Gasteiger partial charge on any atom is -0.508 e. The van der Waals surface area contributed by atoms with E-state index < -0.39 is 28.7 Å². The lowest BCUT2D eigenvalue weighted by Gasteiger charge is -2.46. The lowest BCUT2D eigenvalue weighted by atomic mass is 9.74. The Kier molecular flexibility index (Phi) is 5.70. The zero-order chi connectivity index (χ0) is 23.3. The second-order valence-corrected chi connectivity index (χ2v) is 9.17. The van der Waals surface area contributed by atoms with Crippen LogP contribution < -0.4 is 0 Å². The third-order valence-electron chi connectivity index (χ3n) is 6.66. The van der Waals surface area contributed by atoms with E-state index >= 15 is 0 Å². The first kappa shape index (κ1) is 22.6. The summed E-state index contributed by atoms with van der Waals surface area (Å²) < 4.78 is 47.7. The van der Waals surface area contributed by atoms with Gasteiger partial charge in [-0.25, -0.2) is 13.2 Å². The second kappa shape index (κ2) is 8.07. The lowest BCUT2D eigenvalue weighted by molar-refractivity contribution is -0.172. The molecule has 6 heteroatoms. The molecule has 4 rings (SSSR count). The summed E-state index contributed by atoms with van der Waals surface area (Å²) in [6.45, 7) is 5.32. The third kappa shape index (κ3) is 3.54. The van der Waals surface area contributed by atoms with Crippen LogP contribution in [0.2, 0.25) is 0 Å². The molecule has 3 nitrogen and oxygen atoms in total. The summed E-state index contributed by atoms with van der Waals surface area (Å²) in [5.41, 5.74) is -0.195. The number of carbonyl (C=O) groups excluding carboxylic acids is 1. The standard InChI is InChI=1S/C26H27F3O3/c1-4-15-14-16(18-10-11-19(27)22(29)21(18)28)8-9-17(15)20-23(30)25(2,3)32-26(24(20)31)12-6-5-7-13-26/h8-11,14,31H,4-7,12-13H2,1-3H3. The van der Waals surface area contributed by atoms with Gasteiger partial charge < -0.3 is 9.84 Å². The van der Waals surface area contributed by atoms with Gasteiger partial charge in [0.25, 0.3) is 0 Å². The third-order valence-corrected chi connectivity index (χ3v) is 6.66. The molecule has 0 unspecified atom stereocenters. The van der Waals surface area contributed by atoms with Gasteiger partial charge in [0, 0.05) is 5.56 Å². The van der Waals surface area contributed by atoms with Crippen LogP contribution in [-0.4, -0.2) is 22.1 Å². The molecule has 0 atom stereocenters. The number of aliphatic hydroxyl groups is 1. The molecule has 0 bridgehead atoms. The predicted octanol–water partition coefficient (Wildman–Crippen LogP) is 6.68. The SMILES string of the molecule is CCc1cc(-c2ccc(F)c(F)c2F)ccc1C1=C(O)C2(CCCCC2)OC(C)(C)C1=O. The summed E-state index contributed by atoms with van der Waals surface area (Å²) in [5, 5.41) is 11.3. The van der Waals surface area contributed by atoms with Crippen LogP contribution in [0.1, 0.15) is 64.0 Å². The Hall–Kier alpha value is -2.60. The van der Waals surface area contributed by atoms with E-state index in [9.17, 15) is 23.1 Å². The number of aryl methyl sites for hydroxylation is 1. The van der Waals surface area contributed by atoms with E-state index in [1.165, 1.54) is 6.07 Å². The number of halogens is 3. The summed E-state index contributed by atoms with van der Waals surface area (Å²) in [6.07, 6.45) is 4.62.